The summed E-state index contributed by atoms with van der Waals surface area (Å²) in [5, 5.41) is 3.94. The van der Waals surface area contributed by atoms with Gasteiger partial charge in [-0.15, -0.1) is 0 Å². The number of nitrogens with one attached hydrogen (secondary N) is 1. The second-order valence-corrected chi connectivity index (χ2v) is 5.70. The van der Waals surface area contributed by atoms with Crippen molar-refractivity contribution in [3.05, 3.63) is 23.8 Å². The Labute approximate surface area is 125 Å². The molecule has 0 saturated heterocycles. The van der Waals surface area contributed by atoms with Crippen molar-refractivity contribution in [3.63, 3.8) is 0 Å². The van der Waals surface area contributed by atoms with E-state index in [1.807, 2.05) is 13.1 Å². The first-order chi connectivity index (χ1) is 9.78. The third kappa shape index (κ3) is 2.68. The lowest BCUT2D eigenvalue weighted by atomic mass is 10.1. The molecule has 0 atom stereocenters. The monoisotopic (exact) mass is 292 g/mol. The van der Waals surface area contributed by atoms with Gasteiger partial charge in [0.15, 0.2) is 16.6 Å². The lowest BCUT2D eigenvalue weighted by Gasteiger charge is -2.31. The fourth-order valence-electron chi connectivity index (χ4n) is 2.96. The Hall–Kier alpha value is -1.49. The van der Waals surface area contributed by atoms with Crippen LogP contribution in [0.25, 0.3) is 0 Å². The van der Waals surface area contributed by atoms with Crippen LogP contribution in [0.4, 0.5) is 0 Å². The first-order valence-electron chi connectivity index (χ1n) is 7.15. The van der Waals surface area contributed by atoms with Crippen LogP contribution in [0, 0.1) is 0 Å². The summed E-state index contributed by atoms with van der Waals surface area (Å²) in [5.74, 6) is 1.67. The van der Waals surface area contributed by atoms with E-state index < -0.39 is 0 Å². The van der Waals surface area contributed by atoms with E-state index in [9.17, 15) is 0 Å². The van der Waals surface area contributed by atoms with Crippen molar-refractivity contribution in [2.75, 3.05) is 13.8 Å². The predicted molar refractivity (Wildman–Crippen MR) is 82.0 cm³/mol. The molecule has 0 amide bonds. The Balaban J connectivity index is 1.76. The van der Waals surface area contributed by atoms with E-state index in [2.05, 4.69) is 22.3 Å². The summed E-state index contributed by atoms with van der Waals surface area (Å²) in [4.78, 5) is 2.31. The highest BCUT2D eigenvalue weighted by atomic mass is 32.1. The molecule has 3 rings (SSSR count). The number of thiocarbonyl (C=S) groups is 1. The molecular formula is C15H20N2O2S. The molecule has 1 N–H and O–H groups in total. The highest BCUT2D eigenvalue weighted by Crippen LogP contribution is 2.33. The Morgan fingerprint density at radius 2 is 2.05 bits per heavy atom. The molecule has 0 spiro atoms. The Kier molecular flexibility index (Phi) is 3.96. The number of hydrogen-bond acceptors (Lipinski definition) is 3. The molecule has 1 fully saturated rings. The van der Waals surface area contributed by atoms with Crippen LogP contribution in [0.2, 0.25) is 0 Å². The van der Waals surface area contributed by atoms with E-state index in [1.165, 1.54) is 31.2 Å². The van der Waals surface area contributed by atoms with Gasteiger partial charge in [-0.25, -0.2) is 0 Å². The fraction of sp³-hybridized carbons (Fsp3) is 0.533. The zero-order chi connectivity index (χ0) is 13.9. The molecule has 0 bridgehead atoms. The van der Waals surface area contributed by atoms with Crippen LogP contribution in [0.1, 0.15) is 31.2 Å². The molecule has 1 saturated carbocycles. The number of nitrogens with zero attached hydrogens (tertiary/aromatic N) is 1. The SMILES string of the molecule is CNC(=S)N(Cc1ccc2c(c1)OCO2)C1CCCC1. The van der Waals surface area contributed by atoms with Crippen molar-refractivity contribution in [1.82, 2.24) is 10.2 Å². The Bertz CT molecular complexity index is 501. The first kappa shape index (κ1) is 13.5. The van der Waals surface area contributed by atoms with E-state index in [4.69, 9.17) is 21.7 Å². The van der Waals surface area contributed by atoms with Crippen molar-refractivity contribution in [3.8, 4) is 11.5 Å². The molecule has 1 aromatic rings. The van der Waals surface area contributed by atoms with Gasteiger partial charge in [0.1, 0.15) is 0 Å². The quantitative estimate of drug-likeness (QED) is 0.866. The molecule has 1 aromatic carbocycles. The Morgan fingerprint density at radius 3 is 2.80 bits per heavy atom. The van der Waals surface area contributed by atoms with Gasteiger partial charge in [-0.2, -0.15) is 0 Å². The van der Waals surface area contributed by atoms with E-state index in [-0.39, 0.29) is 0 Å². The Morgan fingerprint density at radius 1 is 1.30 bits per heavy atom. The van der Waals surface area contributed by atoms with E-state index in [0.29, 0.717) is 12.8 Å². The summed E-state index contributed by atoms with van der Waals surface area (Å²) >= 11 is 5.47. The van der Waals surface area contributed by atoms with Crippen molar-refractivity contribution in [2.24, 2.45) is 0 Å². The molecule has 4 nitrogen and oxygen atoms in total. The number of rotatable bonds is 3. The van der Waals surface area contributed by atoms with Crippen LogP contribution in [0.5, 0.6) is 11.5 Å². The highest BCUT2D eigenvalue weighted by molar-refractivity contribution is 7.80. The van der Waals surface area contributed by atoms with Crippen LogP contribution in [-0.2, 0) is 6.54 Å². The third-order valence-corrected chi connectivity index (χ3v) is 4.47. The maximum absolute atomic E-state index is 5.47. The summed E-state index contributed by atoms with van der Waals surface area (Å²) in [6.45, 7) is 1.14. The lowest BCUT2D eigenvalue weighted by molar-refractivity contribution is 0.174. The molecule has 1 aliphatic heterocycles. The summed E-state index contributed by atoms with van der Waals surface area (Å²) < 4.78 is 10.8. The van der Waals surface area contributed by atoms with Gasteiger partial charge in [-0.3, -0.25) is 0 Å². The smallest absolute Gasteiger partial charge is 0.231 e. The molecule has 0 radical (unpaired) electrons. The van der Waals surface area contributed by atoms with E-state index in [1.54, 1.807) is 0 Å². The van der Waals surface area contributed by atoms with Gasteiger partial charge < -0.3 is 19.7 Å². The first-order valence-corrected chi connectivity index (χ1v) is 7.55. The fourth-order valence-corrected chi connectivity index (χ4v) is 3.18. The van der Waals surface area contributed by atoms with Crippen LogP contribution < -0.4 is 14.8 Å². The number of hydrogen-bond donors (Lipinski definition) is 1. The minimum atomic E-state index is 0.319. The number of benzene rings is 1. The maximum Gasteiger partial charge on any atom is 0.231 e. The molecular weight excluding hydrogens is 272 g/mol. The van der Waals surface area contributed by atoms with Gasteiger partial charge in [0.2, 0.25) is 6.79 Å². The largest absolute Gasteiger partial charge is 0.454 e. The second-order valence-electron chi connectivity index (χ2n) is 5.31. The van der Waals surface area contributed by atoms with Crippen LogP contribution in [0.3, 0.4) is 0 Å². The van der Waals surface area contributed by atoms with Crippen LogP contribution >= 0.6 is 12.2 Å². The summed E-state index contributed by atoms with van der Waals surface area (Å²) in [6.07, 6.45) is 5.06. The van der Waals surface area contributed by atoms with Crippen LogP contribution in [-0.4, -0.2) is 29.9 Å². The van der Waals surface area contributed by atoms with E-state index >= 15 is 0 Å². The zero-order valence-corrected chi connectivity index (χ0v) is 12.5. The second kappa shape index (κ2) is 5.87. The third-order valence-electron chi connectivity index (χ3n) is 4.03. The molecule has 2 aliphatic rings. The van der Waals surface area contributed by atoms with Crippen molar-refractivity contribution in [2.45, 2.75) is 38.3 Å². The molecule has 20 heavy (non-hydrogen) atoms. The maximum atomic E-state index is 5.47. The van der Waals surface area contributed by atoms with Crippen molar-refractivity contribution >= 4 is 17.3 Å². The number of fused-ring (bicyclic) bond motifs is 1. The molecule has 0 unspecified atom stereocenters. The van der Waals surface area contributed by atoms with Gasteiger partial charge in [0.25, 0.3) is 0 Å². The molecule has 1 heterocycles. The summed E-state index contributed by atoms with van der Waals surface area (Å²) in [6, 6.07) is 6.68. The minimum absolute atomic E-state index is 0.319. The predicted octanol–water partition coefficient (Wildman–Crippen LogP) is 2.66. The molecule has 108 valence electrons. The summed E-state index contributed by atoms with van der Waals surface area (Å²) in [7, 11) is 1.89. The standard InChI is InChI=1S/C15H20N2O2S/c1-16-15(20)17(12-4-2-3-5-12)9-11-6-7-13-14(8-11)19-10-18-13/h6-8,12H,2-5,9-10H2,1H3,(H,16,20). The molecule has 5 heteroatoms. The van der Waals surface area contributed by atoms with E-state index in [0.717, 1.165) is 23.2 Å². The normalized spacial score (nSPS) is 17.2. The highest BCUT2D eigenvalue weighted by Gasteiger charge is 2.25. The molecule has 0 aromatic heterocycles. The van der Waals surface area contributed by atoms with Gasteiger partial charge in [-0.05, 0) is 42.8 Å². The van der Waals surface area contributed by atoms with Gasteiger partial charge in [-0.1, -0.05) is 18.9 Å². The number of ether oxygens (including phenoxy) is 2. The zero-order valence-electron chi connectivity index (χ0n) is 11.7. The van der Waals surface area contributed by atoms with Gasteiger partial charge in [0, 0.05) is 19.6 Å². The van der Waals surface area contributed by atoms with Gasteiger partial charge in [0.05, 0.1) is 0 Å². The average molecular weight is 292 g/mol. The van der Waals surface area contributed by atoms with Gasteiger partial charge >= 0.3 is 0 Å². The van der Waals surface area contributed by atoms with Crippen molar-refractivity contribution in [1.29, 1.82) is 0 Å². The summed E-state index contributed by atoms with van der Waals surface area (Å²) in [5.41, 5.74) is 1.21. The van der Waals surface area contributed by atoms with Crippen LogP contribution in [0.15, 0.2) is 18.2 Å². The molecule has 1 aliphatic carbocycles. The average Bonchev–Trinajstić information content (AvgIpc) is 3.14. The lowest BCUT2D eigenvalue weighted by Crippen LogP contribution is -2.43. The topological polar surface area (TPSA) is 33.7 Å². The minimum Gasteiger partial charge on any atom is -0.454 e. The van der Waals surface area contributed by atoms with Crippen molar-refractivity contribution < 1.29 is 9.47 Å².